The fourth-order valence-corrected chi connectivity index (χ4v) is 4.51. The van der Waals surface area contributed by atoms with Crippen LogP contribution in [0.15, 0.2) is 0 Å². The van der Waals surface area contributed by atoms with Crippen LogP contribution in [0.3, 0.4) is 0 Å². The lowest BCUT2D eigenvalue weighted by Gasteiger charge is -2.30. The predicted octanol–water partition coefficient (Wildman–Crippen LogP) is 2.94. The first kappa shape index (κ1) is 15.5. The van der Waals surface area contributed by atoms with E-state index in [0.717, 1.165) is 25.9 Å². The summed E-state index contributed by atoms with van der Waals surface area (Å²) in [5, 5.41) is 0. The minimum absolute atomic E-state index is 0.282. The molecule has 2 aliphatic heterocycles. The topological polar surface area (TPSA) is 23.6 Å². The SMILES string of the molecule is O=C(C1CCCCC1)C(CN1CCCC1)CN1CCCC1. The van der Waals surface area contributed by atoms with Gasteiger partial charge in [0.25, 0.3) is 0 Å². The van der Waals surface area contributed by atoms with Crippen LogP contribution in [0.2, 0.25) is 0 Å². The average molecular weight is 292 g/mol. The van der Waals surface area contributed by atoms with E-state index >= 15 is 0 Å². The molecule has 3 nitrogen and oxygen atoms in total. The Labute approximate surface area is 130 Å². The molecule has 21 heavy (non-hydrogen) atoms. The van der Waals surface area contributed by atoms with Crippen molar-refractivity contribution in [2.75, 3.05) is 39.3 Å². The number of hydrogen-bond donors (Lipinski definition) is 0. The molecule has 0 N–H and O–H groups in total. The molecule has 120 valence electrons. The maximum Gasteiger partial charge on any atom is 0.141 e. The van der Waals surface area contributed by atoms with Crippen LogP contribution in [0.25, 0.3) is 0 Å². The van der Waals surface area contributed by atoms with Gasteiger partial charge in [-0.1, -0.05) is 19.3 Å². The summed E-state index contributed by atoms with van der Waals surface area (Å²) < 4.78 is 0. The molecule has 3 heteroatoms. The molecular formula is C18H32N2O. The zero-order chi connectivity index (χ0) is 14.5. The molecular weight excluding hydrogens is 260 g/mol. The molecule has 0 spiro atoms. The summed E-state index contributed by atoms with van der Waals surface area (Å²) in [7, 11) is 0. The second-order valence-corrected chi connectivity index (χ2v) is 7.45. The van der Waals surface area contributed by atoms with Crippen LogP contribution < -0.4 is 0 Å². The number of ketones is 1. The first-order valence-electron chi connectivity index (χ1n) is 9.31. The van der Waals surface area contributed by atoms with Gasteiger partial charge in [-0.05, 0) is 64.7 Å². The van der Waals surface area contributed by atoms with Gasteiger partial charge in [0.15, 0.2) is 0 Å². The van der Waals surface area contributed by atoms with Crippen LogP contribution in [-0.2, 0) is 4.79 Å². The number of Topliss-reactive ketones (excluding diaryl/α,β-unsaturated/α-hetero) is 1. The van der Waals surface area contributed by atoms with Gasteiger partial charge in [0, 0.05) is 24.9 Å². The summed E-state index contributed by atoms with van der Waals surface area (Å²) in [5.41, 5.74) is 0. The highest BCUT2D eigenvalue weighted by molar-refractivity contribution is 5.84. The molecule has 0 aromatic carbocycles. The molecule has 0 amide bonds. The zero-order valence-corrected chi connectivity index (χ0v) is 13.6. The molecule has 3 aliphatic rings. The Morgan fingerprint density at radius 3 is 1.71 bits per heavy atom. The number of hydrogen-bond acceptors (Lipinski definition) is 3. The fraction of sp³-hybridized carbons (Fsp3) is 0.944. The number of carbonyl (C=O) groups excluding carboxylic acids is 1. The number of rotatable bonds is 6. The number of carbonyl (C=O) groups is 1. The Morgan fingerprint density at radius 2 is 1.24 bits per heavy atom. The van der Waals surface area contributed by atoms with E-state index in [1.807, 2.05) is 0 Å². The lowest BCUT2D eigenvalue weighted by atomic mass is 9.81. The Balaban J connectivity index is 1.59. The van der Waals surface area contributed by atoms with Crippen molar-refractivity contribution in [2.24, 2.45) is 11.8 Å². The highest BCUT2D eigenvalue weighted by Gasteiger charge is 2.31. The number of nitrogens with zero attached hydrogens (tertiary/aromatic N) is 2. The lowest BCUT2D eigenvalue weighted by molar-refractivity contribution is -0.129. The largest absolute Gasteiger partial charge is 0.303 e. The van der Waals surface area contributed by atoms with E-state index in [1.54, 1.807) is 0 Å². The molecule has 0 unspecified atom stereocenters. The monoisotopic (exact) mass is 292 g/mol. The van der Waals surface area contributed by atoms with Crippen molar-refractivity contribution in [1.82, 2.24) is 9.80 Å². The van der Waals surface area contributed by atoms with Gasteiger partial charge >= 0.3 is 0 Å². The highest BCUT2D eigenvalue weighted by Crippen LogP contribution is 2.28. The predicted molar refractivity (Wildman–Crippen MR) is 86.4 cm³/mol. The van der Waals surface area contributed by atoms with E-state index in [0.29, 0.717) is 11.7 Å². The summed E-state index contributed by atoms with van der Waals surface area (Å²) in [6.45, 7) is 6.93. The minimum atomic E-state index is 0.282. The normalized spacial score (nSPS) is 26.0. The Hall–Kier alpha value is -0.410. The van der Waals surface area contributed by atoms with Gasteiger partial charge < -0.3 is 9.80 Å². The van der Waals surface area contributed by atoms with Crippen molar-refractivity contribution < 1.29 is 4.79 Å². The average Bonchev–Trinajstić information content (AvgIpc) is 3.20. The molecule has 0 bridgehead atoms. The van der Waals surface area contributed by atoms with Crippen LogP contribution in [0.4, 0.5) is 0 Å². The van der Waals surface area contributed by atoms with Crippen molar-refractivity contribution in [1.29, 1.82) is 0 Å². The molecule has 1 aliphatic carbocycles. The summed E-state index contributed by atoms with van der Waals surface area (Å²) in [6, 6.07) is 0. The van der Waals surface area contributed by atoms with Gasteiger partial charge in [-0.25, -0.2) is 0 Å². The van der Waals surface area contributed by atoms with Gasteiger partial charge in [0.1, 0.15) is 5.78 Å². The summed E-state index contributed by atoms with van der Waals surface area (Å²) >= 11 is 0. The zero-order valence-electron chi connectivity index (χ0n) is 13.6. The minimum Gasteiger partial charge on any atom is -0.303 e. The van der Waals surface area contributed by atoms with E-state index in [1.165, 1.54) is 71.1 Å². The molecule has 1 saturated carbocycles. The summed E-state index contributed by atoms with van der Waals surface area (Å²) in [6.07, 6.45) is 11.5. The third-order valence-electron chi connectivity index (χ3n) is 5.76. The molecule has 2 heterocycles. The molecule has 0 aromatic rings. The lowest BCUT2D eigenvalue weighted by Crippen LogP contribution is -2.41. The first-order chi connectivity index (χ1) is 10.3. The fourth-order valence-electron chi connectivity index (χ4n) is 4.51. The maximum absolute atomic E-state index is 13.0. The standard InChI is InChI=1S/C18H32N2O/c21-18(16-8-2-1-3-9-16)17(14-19-10-4-5-11-19)15-20-12-6-7-13-20/h16-17H,1-15H2. The van der Waals surface area contributed by atoms with E-state index in [-0.39, 0.29) is 5.92 Å². The highest BCUT2D eigenvalue weighted by atomic mass is 16.1. The van der Waals surface area contributed by atoms with Crippen molar-refractivity contribution in [3.63, 3.8) is 0 Å². The Bertz CT molecular complexity index is 308. The van der Waals surface area contributed by atoms with Gasteiger partial charge in [-0.2, -0.15) is 0 Å². The van der Waals surface area contributed by atoms with Crippen LogP contribution in [0.5, 0.6) is 0 Å². The Morgan fingerprint density at radius 1 is 0.762 bits per heavy atom. The van der Waals surface area contributed by atoms with E-state index in [2.05, 4.69) is 9.80 Å². The molecule has 3 fully saturated rings. The second kappa shape index (κ2) is 7.73. The molecule has 3 rings (SSSR count). The molecule has 0 atom stereocenters. The smallest absolute Gasteiger partial charge is 0.141 e. The van der Waals surface area contributed by atoms with E-state index in [9.17, 15) is 4.79 Å². The van der Waals surface area contributed by atoms with Crippen molar-refractivity contribution in [3.8, 4) is 0 Å². The van der Waals surface area contributed by atoms with Gasteiger partial charge in [-0.3, -0.25) is 4.79 Å². The van der Waals surface area contributed by atoms with Crippen LogP contribution >= 0.6 is 0 Å². The summed E-state index contributed by atoms with van der Waals surface area (Å²) in [4.78, 5) is 18.1. The van der Waals surface area contributed by atoms with Crippen LogP contribution in [-0.4, -0.2) is 54.9 Å². The van der Waals surface area contributed by atoms with E-state index < -0.39 is 0 Å². The maximum atomic E-state index is 13.0. The van der Waals surface area contributed by atoms with E-state index in [4.69, 9.17) is 0 Å². The van der Waals surface area contributed by atoms with Crippen LogP contribution in [0, 0.1) is 11.8 Å². The molecule has 0 radical (unpaired) electrons. The van der Waals surface area contributed by atoms with Gasteiger partial charge in [0.2, 0.25) is 0 Å². The van der Waals surface area contributed by atoms with Gasteiger partial charge in [0.05, 0.1) is 0 Å². The second-order valence-electron chi connectivity index (χ2n) is 7.45. The Kier molecular flexibility index (Phi) is 5.70. The molecule has 2 saturated heterocycles. The number of likely N-dealkylation sites (tertiary alicyclic amines) is 2. The van der Waals surface area contributed by atoms with Crippen LogP contribution in [0.1, 0.15) is 57.8 Å². The molecule has 0 aromatic heterocycles. The first-order valence-corrected chi connectivity index (χ1v) is 9.31. The van der Waals surface area contributed by atoms with Crippen molar-refractivity contribution >= 4 is 5.78 Å². The summed E-state index contributed by atoms with van der Waals surface area (Å²) in [5.74, 6) is 1.27. The van der Waals surface area contributed by atoms with Crippen molar-refractivity contribution in [3.05, 3.63) is 0 Å². The quantitative estimate of drug-likeness (QED) is 0.752. The van der Waals surface area contributed by atoms with Gasteiger partial charge in [-0.15, -0.1) is 0 Å². The third-order valence-corrected chi connectivity index (χ3v) is 5.76. The van der Waals surface area contributed by atoms with Crippen molar-refractivity contribution in [2.45, 2.75) is 57.8 Å². The third kappa shape index (κ3) is 4.29.